The Morgan fingerprint density at radius 3 is 2.38 bits per heavy atom. The van der Waals surface area contributed by atoms with Crippen LogP contribution in [0.3, 0.4) is 0 Å². The van der Waals surface area contributed by atoms with Gasteiger partial charge in [0.2, 0.25) is 10.0 Å². The summed E-state index contributed by atoms with van der Waals surface area (Å²) in [6.45, 7) is 2.54. The van der Waals surface area contributed by atoms with Gasteiger partial charge in [0, 0.05) is 38.3 Å². The molecule has 0 aromatic heterocycles. The Morgan fingerprint density at radius 1 is 1.07 bits per heavy atom. The first-order valence-electron chi connectivity index (χ1n) is 9.02. The third-order valence-corrected chi connectivity index (χ3v) is 7.12. The molecule has 1 fully saturated rings. The van der Waals surface area contributed by atoms with E-state index in [1.807, 2.05) is 24.3 Å². The van der Waals surface area contributed by atoms with E-state index in [1.165, 1.54) is 22.5 Å². The molecule has 0 bridgehead atoms. The van der Waals surface area contributed by atoms with Crippen molar-refractivity contribution in [3.05, 3.63) is 52.5 Å². The number of halogens is 1. The Labute approximate surface area is 176 Å². The van der Waals surface area contributed by atoms with E-state index in [4.69, 9.17) is 26.3 Å². The Morgan fingerprint density at radius 2 is 1.79 bits per heavy atom. The lowest BCUT2D eigenvalue weighted by Crippen LogP contribution is -2.48. The summed E-state index contributed by atoms with van der Waals surface area (Å²) in [4.78, 5) is 2.28. The molecule has 0 saturated carbocycles. The zero-order valence-corrected chi connectivity index (χ0v) is 17.8. The minimum absolute atomic E-state index is 0.101. The van der Waals surface area contributed by atoms with Crippen LogP contribution in [0.4, 0.5) is 0 Å². The Bertz CT molecular complexity index is 1030. The van der Waals surface area contributed by atoms with Gasteiger partial charge in [-0.15, -0.1) is 0 Å². The molecule has 1 aliphatic rings. The minimum atomic E-state index is -3.66. The van der Waals surface area contributed by atoms with Gasteiger partial charge in [-0.25, -0.2) is 8.42 Å². The monoisotopic (exact) mass is 435 g/mol. The second-order valence-electron chi connectivity index (χ2n) is 6.61. The molecule has 0 unspecified atom stereocenters. The Kier molecular flexibility index (Phi) is 6.65. The topological polar surface area (TPSA) is 82.9 Å². The largest absolute Gasteiger partial charge is 0.497 e. The molecule has 9 heteroatoms. The minimum Gasteiger partial charge on any atom is -0.497 e. The number of piperazine rings is 1. The number of hydrogen-bond donors (Lipinski definition) is 0. The van der Waals surface area contributed by atoms with Crippen LogP contribution in [0.2, 0.25) is 5.02 Å². The van der Waals surface area contributed by atoms with Crippen molar-refractivity contribution >= 4 is 21.6 Å². The summed E-state index contributed by atoms with van der Waals surface area (Å²) in [6.07, 6.45) is 0. The van der Waals surface area contributed by atoms with E-state index in [-0.39, 0.29) is 15.5 Å². The van der Waals surface area contributed by atoms with Crippen LogP contribution >= 0.6 is 11.6 Å². The third kappa shape index (κ3) is 4.65. The van der Waals surface area contributed by atoms with E-state index in [9.17, 15) is 8.42 Å². The molecule has 2 aromatic carbocycles. The summed E-state index contributed by atoms with van der Waals surface area (Å²) in [5.74, 6) is 1.52. The number of nitriles is 1. The van der Waals surface area contributed by atoms with Crippen LogP contribution in [-0.2, 0) is 16.6 Å². The Balaban J connectivity index is 1.69. The maximum atomic E-state index is 12.9. The van der Waals surface area contributed by atoms with Crippen LogP contribution in [0.25, 0.3) is 0 Å². The zero-order valence-electron chi connectivity index (χ0n) is 16.3. The fourth-order valence-corrected chi connectivity index (χ4v) is 5.01. The SMILES string of the molecule is COc1ccc(OC)c(CN2CCN(S(=O)(=O)c3ccc(C#N)c(Cl)c3)CC2)c1. The zero-order chi connectivity index (χ0) is 21.0. The van der Waals surface area contributed by atoms with Gasteiger partial charge in [-0.3, -0.25) is 4.90 Å². The van der Waals surface area contributed by atoms with Crippen molar-refractivity contribution in [1.29, 1.82) is 5.26 Å². The summed E-state index contributed by atoms with van der Waals surface area (Å²) in [6, 6.07) is 11.8. The molecule has 7 nitrogen and oxygen atoms in total. The summed E-state index contributed by atoms with van der Waals surface area (Å²) < 4.78 is 38.0. The molecule has 0 aliphatic carbocycles. The number of sulfonamides is 1. The lowest BCUT2D eigenvalue weighted by Gasteiger charge is -2.34. The summed E-state index contributed by atoms with van der Waals surface area (Å²) in [5.41, 5.74) is 1.24. The van der Waals surface area contributed by atoms with Crippen molar-refractivity contribution < 1.29 is 17.9 Å². The van der Waals surface area contributed by atoms with Crippen LogP contribution in [-0.4, -0.2) is 58.0 Å². The van der Waals surface area contributed by atoms with Crippen LogP contribution in [0.5, 0.6) is 11.5 Å². The van der Waals surface area contributed by atoms with Crippen molar-refractivity contribution in [2.24, 2.45) is 0 Å². The molecule has 1 saturated heterocycles. The molecule has 154 valence electrons. The molecule has 29 heavy (non-hydrogen) atoms. The van der Waals surface area contributed by atoms with E-state index in [2.05, 4.69) is 4.90 Å². The van der Waals surface area contributed by atoms with Crippen LogP contribution in [0.1, 0.15) is 11.1 Å². The lowest BCUT2D eigenvalue weighted by molar-refractivity contribution is 0.180. The summed E-state index contributed by atoms with van der Waals surface area (Å²) in [5, 5.41) is 9.10. The van der Waals surface area contributed by atoms with Gasteiger partial charge < -0.3 is 9.47 Å². The highest BCUT2D eigenvalue weighted by atomic mass is 35.5. The van der Waals surface area contributed by atoms with Gasteiger partial charge in [0.05, 0.1) is 29.7 Å². The van der Waals surface area contributed by atoms with E-state index in [0.29, 0.717) is 32.7 Å². The second kappa shape index (κ2) is 9.01. The van der Waals surface area contributed by atoms with E-state index in [0.717, 1.165) is 17.1 Å². The first kappa shape index (κ1) is 21.4. The van der Waals surface area contributed by atoms with E-state index >= 15 is 0 Å². The molecular weight excluding hydrogens is 414 g/mol. The quantitative estimate of drug-likeness (QED) is 0.693. The highest BCUT2D eigenvalue weighted by Gasteiger charge is 2.29. The van der Waals surface area contributed by atoms with Gasteiger partial charge in [-0.1, -0.05) is 11.6 Å². The van der Waals surface area contributed by atoms with Crippen molar-refractivity contribution in [1.82, 2.24) is 9.21 Å². The molecule has 3 rings (SSSR count). The first-order chi connectivity index (χ1) is 13.9. The highest BCUT2D eigenvalue weighted by Crippen LogP contribution is 2.27. The molecule has 0 spiro atoms. The standard InChI is InChI=1S/C20H22ClN3O4S/c1-27-17-4-6-20(28-2)16(11-17)14-23-7-9-24(10-8-23)29(25,26)18-5-3-15(13-22)19(21)12-18/h3-6,11-12H,7-10,14H2,1-2H3. The molecule has 0 atom stereocenters. The lowest BCUT2D eigenvalue weighted by atomic mass is 10.1. The number of ether oxygens (including phenoxy) is 2. The van der Waals surface area contributed by atoms with Gasteiger partial charge >= 0.3 is 0 Å². The van der Waals surface area contributed by atoms with Gasteiger partial charge in [0.15, 0.2) is 0 Å². The highest BCUT2D eigenvalue weighted by molar-refractivity contribution is 7.89. The molecule has 1 aliphatic heterocycles. The fourth-order valence-electron chi connectivity index (χ4n) is 3.27. The van der Waals surface area contributed by atoms with Crippen LogP contribution in [0, 0.1) is 11.3 Å². The molecule has 1 heterocycles. The van der Waals surface area contributed by atoms with E-state index < -0.39 is 10.0 Å². The van der Waals surface area contributed by atoms with Crippen LogP contribution < -0.4 is 9.47 Å². The molecule has 0 radical (unpaired) electrons. The van der Waals surface area contributed by atoms with Crippen molar-refractivity contribution in [2.45, 2.75) is 11.4 Å². The third-order valence-electron chi connectivity index (χ3n) is 4.91. The van der Waals surface area contributed by atoms with Gasteiger partial charge in [-0.05, 0) is 36.4 Å². The van der Waals surface area contributed by atoms with Crippen LogP contribution in [0.15, 0.2) is 41.3 Å². The summed E-state index contributed by atoms with van der Waals surface area (Å²) >= 11 is 6.01. The first-order valence-corrected chi connectivity index (χ1v) is 10.8. The number of benzene rings is 2. The number of nitrogens with zero attached hydrogens (tertiary/aromatic N) is 3. The van der Waals surface area contributed by atoms with Gasteiger partial charge in [0.25, 0.3) is 0 Å². The Hall–Kier alpha value is -2.31. The summed E-state index contributed by atoms with van der Waals surface area (Å²) in [7, 11) is -0.422. The van der Waals surface area contributed by atoms with Crippen molar-refractivity contribution in [3.8, 4) is 17.6 Å². The van der Waals surface area contributed by atoms with Crippen molar-refractivity contribution in [3.63, 3.8) is 0 Å². The molecule has 2 aromatic rings. The van der Waals surface area contributed by atoms with E-state index in [1.54, 1.807) is 14.2 Å². The molecule has 0 N–H and O–H groups in total. The number of methoxy groups -OCH3 is 2. The van der Waals surface area contributed by atoms with Gasteiger partial charge in [0.1, 0.15) is 17.6 Å². The smallest absolute Gasteiger partial charge is 0.243 e. The predicted molar refractivity (Wildman–Crippen MR) is 110 cm³/mol. The number of hydrogen-bond acceptors (Lipinski definition) is 6. The fraction of sp³-hybridized carbons (Fsp3) is 0.350. The maximum absolute atomic E-state index is 12.9. The normalized spacial score (nSPS) is 15.7. The second-order valence-corrected chi connectivity index (χ2v) is 8.96. The van der Waals surface area contributed by atoms with Gasteiger partial charge in [-0.2, -0.15) is 9.57 Å². The number of rotatable bonds is 6. The van der Waals surface area contributed by atoms with Crippen molar-refractivity contribution in [2.75, 3.05) is 40.4 Å². The molecular formula is C20H22ClN3O4S. The predicted octanol–water partition coefficient (Wildman–Crippen LogP) is 2.74. The maximum Gasteiger partial charge on any atom is 0.243 e. The average molecular weight is 436 g/mol. The molecule has 0 amide bonds. The average Bonchev–Trinajstić information content (AvgIpc) is 2.74.